The minimum absolute atomic E-state index is 0.233. The summed E-state index contributed by atoms with van der Waals surface area (Å²) >= 11 is 6.69. The third-order valence-corrected chi connectivity index (χ3v) is 5.56. The lowest BCUT2D eigenvalue weighted by molar-refractivity contribution is 0.646. The summed E-state index contributed by atoms with van der Waals surface area (Å²) in [6, 6.07) is 6.63. The molecule has 6 heteroatoms. The fourth-order valence-electron chi connectivity index (χ4n) is 1.61. The third-order valence-electron chi connectivity index (χ3n) is 2.72. The molecule has 0 spiro atoms. The van der Waals surface area contributed by atoms with E-state index in [1.807, 2.05) is 6.92 Å². The maximum absolute atomic E-state index is 5.98. The van der Waals surface area contributed by atoms with Crippen molar-refractivity contribution in [3.05, 3.63) is 34.1 Å². The molecule has 0 amide bonds. The van der Waals surface area contributed by atoms with Gasteiger partial charge in [-0.3, -0.25) is 0 Å². The highest BCUT2D eigenvalue weighted by atomic mass is 79.9. The van der Waals surface area contributed by atoms with Gasteiger partial charge in [0.25, 0.3) is 0 Å². The van der Waals surface area contributed by atoms with Crippen LogP contribution in [0.15, 0.2) is 31.9 Å². The molecule has 0 bridgehead atoms. The van der Waals surface area contributed by atoms with E-state index >= 15 is 0 Å². The van der Waals surface area contributed by atoms with E-state index in [0.717, 1.165) is 32.4 Å². The van der Waals surface area contributed by atoms with Crippen LogP contribution in [0.1, 0.15) is 24.7 Å². The molecule has 0 aliphatic rings. The number of nitrogens with zero attached hydrogens (tertiary/aromatic N) is 2. The first-order valence-corrected chi connectivity index (χ1v) is 8.49. The van der Waals surface area contributed by atoms with Gasteiger partial charge in [0.05, 0.1) is 0 Å². The molecule has 2 aromatic rings. The number of halogens is 1. The van der Waals surface area contributed by atoms with Gasteiger partial charge < -0.3 is 5.73 Å². The first-order valence-electron chi connectivity index (χ1n) is 6.10. The molecule has 0 fully saturated rings. The molecule has 2 N–H and O–H groups in total. The van der Waals surface area contributed by atoms with Crippen LogP contribution in [0, 0.1) is 6.92 Å². The fraction of sp³-hybridized carbons (Fsp3) is 0.385. The molecule has 1 heterocycles. The van der Waals surface area contributed by atoms with Crippen LogP contribution in [0.3, 0.4) is 0 Å². The molecule has 1 unspecified atom stereocenters. The number of aryl methyl sites for hydroxylation is 1. The first kappa shape index (κ1) is 15.0. The summed E-state index contributed by atoms with van der Waals surface area (Å²) in [6.07, 6.45) is 1.91. The lowest BCUT2D eigenvalue weighted by Crippen LogP contribution is -2.21. The van der Waals surface area contributed by atoms with E-state index in [9.17, 15) is 0 Å². The zero-order valence-corrected chi connectivity index (χ0v) is 14.1. The first-order chi connectivity index (χ1) is 9.08. The van der Waals surface area contributed by atoms with Gasteiger partial charge in [-0.2, -0.15) is 4.37 Å². The Morgan fingerprint density at radius 2 is 2.26 bits per heavy atom. The molecular formula is C13H16BrN3S2. The van der Waals surface area contributed by atoms with E-state index in [4.69, 9.17) is 5.73 Å². The maximum Gasteiger partial charge on any atom is 0.174 e. The Kier molecular flexibility index (Phi) is 5.38. The van der Waals surface area contributed by atoms with Gasteiger partial charge in [-0.15, -0.1) is 0 Å². The molecule has 0 aliphatic carbocycles. The molecule has 2 rings (SSSR count). The SMILES string of the molecule is CCC(N)Cc1ccc(Sc2nc(C)ns2)c(Br)c1. The molecule has 0 saturated carbocycles. The highest BCUT2D eigenvalue weighted by Crippen LogP contribution is 2.34. The number of hydrogen-bond donors (Lipinski definition) is 1. The molecule has 1 aromatic carbocycles. The summed E-state index contributed by atoms with van der Waals surface area (Å²) in [5.41, 5.74) is 7.25. The van der Waals surface area contributed by atoms with Crippen LogP contribution in [0.25, 0.3) is 0 Å². The van der Waals surface area contributed by atoms with Crippen LogP contribution in [-0.2, 0) is 6.42 Å². The second-order valence-corrected chi connectivity index (χ2v) is 7.24. The van der Waals surface area contributed by atoms with Gasteiger partial charge in [0.2, 0.25) is 0 Å². The Bertz CT molecular complexity index is 557. The maximum atomic E-state index is 5.98. The molecule has 102 valence electrons. The van der Waals surface area contributed by atoms with Gasteiger partial charge in [0.1, 0.15) is 5.82 Å². The quantitative estimate of drug-likeness (QED) is 0.876. The van der Waals surface area contributed by atoms with Crippen molar-refractivity contribution in [3.63, 3.8) is 0 Å². The van der Waals surface area contributed by atoms with Crippen LogP contribution in [-0.4, -0.2) is 15.4 Å². The minimum Gasteiger partial charge on any atom is -0.327 e. The monoisotopic (exact) mass is 357 g/mol. The van der Waals surface area contributed by atoms with Gasteiger partial charge in [-0.25, -0.2) is 4.98 Å². The van der Waals surface area contributed by atoms with Gasteiger partial charge >= 0.3 is 0 Å². The average Bonchev–Trinajstić information content (AvgIpc) is 2.78. The van der Waals surface area contributed by atoms with Crippen LogP contribution in [0.2, 0.25) is 0 Å². The van der Waals surface area contributed by atoms with Crippen molar-refractivity contribution in [1.29, 1.82) is 0 Å². The standard InChI is InChI=1S/C13H16BrN3S2/c1-3-10(15)6-9-4-5-12(11(14)7-9)18-13-16-8(2)17-19-13/h4-5,7,10H,3,6,15H2,1-2H3. The second kappa shape index (κ2) is 6.83. The van der Waals surface area contributed by atoms with Crippen molar-refractivity contribution in [2.75, 3.05) is 0 Å². The van der Waals surface area contributed by atoms with Gasteiger partial charge in [-0.1, -0.05) is 24.8 Å². The van der Waals surface area contributed by atoms with Crippen LogP contribution < -0.4 is 5.73 Å². The summed E-state index contributed by atoms with van der Waals surface area (Å²) < 4.78 is 6.25. The second-order valence-electron chi connectivity index (χ2n) is 4.35. The Hall–Kier alpha value is -0.430. The Morgan fingerprint density at radius 3 is 2.84 bits per heavy atom. The minimum atomic E-state index is 0.233. The average molecular weight is 358 g/mol. The predicted molar refractivity (Wildman–Crippen MR) is 84.9 cm³/mol. The van der Waals surface area contributed by atoms with Crippen molar-refractivity contribution in [1.82, 2.24) is 9.36 Å². The number of aromatic nitrogens is 2. The number of rotatable bonds is 5. The van der Waals surface area contributed by atoms with Crippen LogP contribution >= 0.6 is 39.2 Å². The lowest BCUT2D eigenvalue weighted by Gasteiger charge is -2.10. The van der Waals surface area contributed by atoms with E-state index in [-0.39, 0.29) is 6.04 Å². The number of nitrogens with two attached hydrogens (primary N) is 1. The fourth-order valence-corrected chi connectivity index (χ4v) is 3.90. The molecule has 3 nitrogen and oxygen atoms in total. The van der Waals surface area contributed by atoms with Gasteiger partial charge in [-0.05, 0) is 64.9 Å². The van der Waals surface area contributed by atoms with E-state index in [1.165, 1.54) is 17.1 Å². The lowest BCUT2D eigenvalue weighted by atomic mass is 10.1. The molecular weight excluding hydrogens is 342 g/mol. The smallest absolute Gasteiger partial charge is 0.174 e. The summed E-state index contributed by atoms with van der Waals surface area (Å²) in [5.74, 6) is 0.828. The topological polar surface area (TPSA) is 51.8 Å². The van der Waals surface area contributed by atoms with E-state index in [1.54, 1.807) is 11.8 Å². The molecule has 0 radical (unpaired) electrons. The molecule has 0 aliphatic heterocycles. The van der Waals surface area contributed by atoms with E-state index in [2.05, 4.69) is 50.4 Å². The molecule has 1 atom stereocenters. The normalized spacial score (nSPS) is 12.6. The summed E-state index contributed by atoms with van der Waals surface area (Å²) in [4.78, 5) is 5.52. The van der Waals surface area contributed by atoms with Crippen molar-refractivity contribution >= 4 is 39.2 Å². The summed E-state index contributed by atoms with van der Waals surface area (Å²) in [7, 11) is 0. The Labute approximate surface area is 130 Å². The van der Waals surface area contributed by atoms with Crippen molar-refractivity contribution in [3.8, 4) is 0 Å². The largest absolute Gasteiger partial charge is 0.327 e. The molecule has 0 saturated heterocycles. The summed E-state index contributed by atoms with van der Waals surface area (Å²) in [5, 5.41) is 0. The van der Waals surface area contributed by atoms with Gasteiger partial charge in [0.15, 0.2) is 4.34 Å². The van der Waals surface area contributed by atoms with E-state index < -0.39 is 0 Å². The number of benzene rings is 1. The zero-order chi connectivity index (χ0) is 13.8. The predicted octanol–water partition coefficient (Wildman–Crippen LogP) is 4.04. The highest BCUT2D eigenvalue weighted by molar-refractivity contribution is 9.10. The molecule has 19 heavy (non-hydrogen) atoms. The van der Waals surface area contributed by atoms with Gasteiger partial charge in [0, 0.05) is 15.4 Å². The van der Waals surface area contributed by atoms with Crippen molar-refractivity contribution in [2.45, 2.75) is 42.0 Å². The van der Waals surface area contributed by atoms with E-state index in [0.29, 0.717) is 0 Å². The summed E-state index contributed by atoms with van der Waals surface area (Å²) in [6.45, 7) is 4.02. The van der Waals surface area contributed by atoms with Crippen molar-refractivity contribution in [2.24, 2.45) is 5.73 Å². The zero-order valence-electron chi connectivity index (χ0n) is 10.9. The third kappa shape index (κ3) is 4.27. The van der Waals surface area contributed by atoms with Crippen molar-refractivity contribution < 1.29 is 0 Å². The van der Waals surface area contributed by atoms with Crippen LogP contribution in [0.5, 0.6) is 0 Å². The number of hydrogen-bond acceptors (Lipinski definition) is 5. The Morgan fingerprint density at radius 1 is 1.47 bits per heavy atom. The Balaban J connectivity index is 2.10. The molecule has 1 aromatic heterocycles. The highest BCUT2D eigenvalue weighted by Gasteiger charge is 2.08. The van der Waals surface area contributed by atoms with Crippen LogP contribution in [0.4, 0.5) is 0 Å².